The molecule has 1 atom stereocenters. The van der Waals surface area contributed by atoms with Crippen LogP contribution in [0.4, 0.5) is 19.0 Å². The van der Waals surface area contributed by atoms with Crippen LogP contribution < -0.4 is 10.1 Å². The number of ether oxygens (including phenoxy) is 1. The molecule has 0 unspecified atom stereocenters. The maximum Gasteiger partial charge on any atom is 0.573 e. The van der Waals surface area contributed by atoms with Crippen molar-refractivity contribution in [1.29, 1.82) is 0 Å². The summed E-state index contributed by atoms with van der Waals surface area (Å²) in [6, 6.07) is 10.1. The van der Waals surface area contributed by atoms with Gasteiger partial charge in [0.15, 0.2) is 5.82 Å². The summed E-state index contributed by atoms with van der Waals surface area (Å²) in [5.74, 6) is -0.650. The van der Waals surface area contributed by atoms with Gasteiger partial charge in [-0.2, -0.15) is 0 Å². The van der Waals surface area contributed by atoms with Crippen molar-refractivity contribution in [1.82, 2.24) is 10.2 Å². The quantitative estimate of drug-likeness (QED) is 0.508. The SMILES string of the molecule is OC[C@H](O)CNc1nnc(-c2ccc(OC(F)(F)F)cc2O)c2ccccc12. The average Bonchev–Trinajstić information content (AvgIpc) is 2.65. The third kappa shape index (κ3) is 4.41. The third-order valence-corrected chi connectivity index (χ3v) is 3.86. The Balaban J connectivity index is 2.00. The fraction of sp³-hybridized carbons (Fsp3) is 0.222. The van der Waals surface area contributed by atoms with Crippen molar-refractivity contribution < 1.29 is 33.2 Å². The number of benzene rings is 2. The van der Waals surface area contributed by atoms with Gasteiger partial charge in [0.2, 0.25) is 0 Å². The first kappa shape index (κ1) is 19.6. The molecule has 0 amide bonds. The number of hydrogen-bond donors (Lipinski definition) is 4. The molecule has 3 aromatic rings. The predicted molar refractivity (Wildman–Crippen MR) is 94.9 cm³/mol. The number of halogens is 3. The number of aromatic hydroxyl groups is 1. The molecular formula is C18H16F3N3O4. The van der Waals surface area contributed by atoms with Gasteiger partial charge in [0.05, 0.1) is 12.7 Å². The number of phenols is 1. The van der Waals surface area contributed by atoms with Gasteiger partial charge in [-0.1, -0.05) is 24.3 Å². The van der Waals surface area contributed by atoms with E-state index in [2.05, 4.69) is 20.3 Å². The summed E-state index contributed by atoms with van der Waals surface area (Å²) in [6.07, 6.45) is -5.85. The summed E-state index contributed by atoms with van der Waals surface area (Å²) >= 11 is 0. The van der Waals surface area contributed by atoms with Crippen LogP contribution in [0.2, 0.25) is 0 Å². The number of nitrogens with one attached hydrogen (secondary N) is 1. The zero-order valence-corrected chi connectivity index (χ0v) is 14.3. The highest BCUT2D eigenvalue weighted by Crippen LogP contribution is 2.37. The van der Waals surface area contributed by atoms with Crippen LogP contribution in [-0.4, -0.2) is 51.1 Å². The first-order valence-electron chi connectivity index (χ1n) is 8.16. The van der Waals surface area contributed by atoms with Crippen molar-refractivity contribution in [3.8, 4) is 22.8 Å². The molecule has 0 aliphatic heterocycles. The zero-order chi connectivity index (χ0) is 20.3. The molecule has 0 fully saturated rings. The van der Waals surface area contributed by atoms with Crippen LogP contribution in [0.3, 0.4) is 0 Å². The summed E-state index contributed by atoms with van der Waals surface area (Å²) in [5, 5.41) is 40.8. The first-order valence-corrected chi connectivity index (χ1v) is 8.16. The topological polar surface area (TPSA) is 108 Å². The Morgan fingerprint density at radius 1 is 1.07 bits per heavy atom. The van der Waals surface area contributed by atoms with Gasteiger partial charge in [0.1, 0.15) is 17.2 Å². The summed E-state index contributed by atoms with van der Waals surface area (Å²) in [7, 11) is 0. The molecule has 1 aromatic heterocycles. The maximum absolute atomic E-state index is 12.3. The molecule has 148 valence electrons. The van der Waals surface area contributed by atoms with E-state index in [0.29, 0.717) is 16.6 Å². The van der Waals surface area contributed by atoms with Gasteiger partial charge in [-0.05, 0) is 12.1 Å². The van der Waals surface area contributed by atoms with Crippen LogP contribution in [0.5, 0.6) is 11.5 Å². The van der Waals surface area contributed by atoms with Gasteiger partial charge < -0.3 is 25.4 Å². The lowest BCUT2D eigenvalue weighted by Gasteiger charge is -2.14. The molecule has 1 heterocycles. The number of aromatic nitrogens is 2. The van der Waals surface area contributed by atoms with Gasteiger partial charge in [-0.15, -0.1) is 23.4 Å². The second-order valence-electron chi connectivity index (χ2n) is 5.89. The molecule has 0 aliphatic rings. The molecule has 3 rings (SSSR count). The number of hydrogen-bond acceptors (Lipinski definition) is 7. The highest BCUT2D eigenvalue weighted by molar-refractivity contribution is 6.00. The number of aliphatic hydroxyl groups is 2. The van der Waals surface area contributed by atoms with Gasteiger partial charge in [0.25, 0.3) is 0 Å². The molecule has 7 nitrogen and oxygen atoms in total. The Morgan fingerprint density at radius 2 is 1.79 bits per heavy atom. The van der Waals surface area contributed by atoms with E-state index >= 15 is 0 Å². The van der Waals surface area contributed by atoms with E-state index in [1.165, 1.54) is 6.07 Å². The summed E-state index contributed by atoms with van der Waals surface area (Å²) in [5.41, 5.74) is 0.445. The molecule has 4 N–H and O–H groups in total. The smallest absolute Gasteiger partial charge is 0.507 e. The number of aliphatic hydroxyl groups excluding tert-OH is 2. The summed E-state index contributed by atoms with van der Waals surface area (Å²) < 4.78 is 40.8. The van der Waals surface area contributed by atoms with Crippen molar-refractivity contribution >= 4 is 16.6 Å². The number of alkyl halides is 3. The monoisotopic (exact) mass is 395 g/mol. The summed E-state index contributed by atoms with van der Waals surface area (Å²) in [4.78, 5) is 0. The van der Waals surface area contributed by atoms with Crippen molar-refractivity contribution in [3.05, 3.63) is 42.5 Å². The fourth-order valence-electron chi connectivity index (χ4n) is 2.62. The lowest BCUT2D eigenvalue weighted by molar-refractivity contribution is -0.274. The van der Waals surface area contributed by atoms with Crippen LogP contribution in [0.25, 0.3) is 22.0 Å². The molecule has 10 heteroatoms. The van der Waals surface area contributed by atoms with Crippen LogP contribution in [0, 0.1) is 0 Å². The Kier molecular flexibility index (Phi) is 5.52. The van der Waals surface area contributed by atoms with Crippen LogP contribution in [0.1, 0.15) is 0 Å². The number of phenolic OH excluding ortho intramolecular Hbond substituents is 1. The van der Waals surface area contributed by atoms with Gasteiger partial charge in [0, 0.05) is 28.9 Å². The van der Waals surface area contributed by atoms with Gasteiger partial charge in [-0.25, -0.2) is 0 Å². The predicted octanol–water partition coefficient (Wildman–Crippen LogP) is 2.67. The normalized spacial score (nSPS) is 12.8. The highest BCUT2D eigenvalue weighted by Gasteiger charge is 2.31. The minimum absolute atomic E-state index is 0.0449. The standard InChI is InChI=1S/C18H16F3N3O4/c19-18(20,21)28-11-5-6-14(15(27)7-11)16-12-3-1-2-4-13(12)17(24-23-16)22-8-10(26)9-25/h1-7,10,25-27H,8-9H2,(H,22,24)/t10-/m1/s1. The second-order valence-corrected chi connectivity index (χ2v) is 5.89. The average molecular weight is 395 g/mol. The number of anilines is 1. The minimum Gasteiger partial charge on any atom is -0.507 e. The molecule has 28 heavy (non-hydrogen) atoms. The van der Waals surface area contributed by atoms with E-state index in [-0.39, 0.29) is 17.8 Å². The number of nitrogens with zero attached hydrogens (tertiary/aromatic N) is 2. The largest absolute Gasteiger partial charge is 0.573 e. The molecule has 0 saturated carbocycles. The van der Waals surface area contributed by atoms with E-state index in [1.807, 2.05) is 0 Å². The first-order chi connectivity index (χ1) is 13.3. The Hall–Kier alpha value is -3.11. The lowest BCUT2D eigenvalue weighted by Crippen LogP contribution is -2.23. The van der Waals surface area contributed by atoms with Crippen molar-refractivity contribution in [2.75, 3.05) is 18.5 Å². The molecule has 2 aromatic carbocycles. The van der Waals surface area contributed by atoms with Crippen molar-refractivity contribution in [2.45, 2.75) is 12.5 Å². The Labute approximate surface area is 157 Å². The Morgan fingerprint density at radius 3 is 2.43 bits per heavy atom. The highest BCUT2D eigenvalue weighted by atomic mass is 19.4. The van der Waals surface area contributed by atoms with E-state index in [1.54, 1.807) is 24.3 Å². The van der Waals surface area contributed by atoms with Crippen LogP contribution >= 0.6 is 0 Å². The van der Waals surface area contributed by atoms with Crippen molar-refractivity contribution in [2.24, 2.45) is 0 Å². The number of rotatable bonds is 6. The van der Waals surface area contributed by atoms with E-state index in [9.17, 15) is 23.4 Å². The number of fused-ring (bicyclic) bond motifs is 1. The lowest BCUT2D eigenvalue weighted by atomic mass is 10.0. The second kappa shape index (κ2) is 7.87. The van der Waals surface area contributed by atoms with Gasteiger partial charge >= 0.3 is 6.36 Å². The van der Waals surface area contributed by atoms with Gasteiger partial charge in [-0.3, -0.25) is 0 Å². The van der Waals surface area contributed by atoms with Crippen LogP contribution in [-0.2, 0) is 0 Å². The zero-order valence-electron chi connectivity index (χ0n) is 14.3. The van der Waals surface area contributed by atoms with E-state index in [4.69, 9.17) is 5.11 Å². The van der Waals surface area contributed by atoms with E-state index < -0.39 is 30.6 Å². The molecule has 0 radical (unpaired) electrons. The molecule has 0 aliphatic carbocycles. The maximum atomic E-state index is 12.3. The van der Waals surface area contributed by atoms with Crippen LogP contribution in [0.15, 0.2) is 42.5 Å². The minimum atomic E-state index is -4.87. The third-order valence-electron chi connectivity index (χ3n) is 3.86. The molecular weight excluding hydrogens is 379 g/mol. The van der Waals surface area contributed by atoms with Crippen molar-refractivity contribution in [3.63, 3.8) is 0 Å². The van der Waals surface area contributed by atoms with E-state index in [0.717, 1.165) is 12.1 Å². The molecule has 0 saturated heterocycles. The Bertz CT molecular complexity index is 982. The molecule has 0 spiro atoms. The molecule has 0 bridgehead atoms. The fourth-order valence-corrected chi connectivity index (χ4v) is 2.62. The summed E-state index contributed by atoms with van der Waals surface area (Å²) in [6.45, 7) is -0.375.